The maximum absolute atomic E-state index is 11.9. The van der Waals surface area contributed by atoms with E-state index < -0.39 is 0 Å². The summed E-state index contributed by atoms with van der Waals surface area (Å²) in [5.41, 5.74) is -0.377. The maximum atomic E-state index is 11.9. The average Bonchev–Trinajstić information content (AvgIpc) is 2.23. The largest absolute Gasteiger partial charge is 0.349 e. The molecule has 0 aromatic carbocycles. The number of rotatable bonds is 7. The number of ketones is 1. The van der Waals surface area contributed by atoms with Crippen molar-refractivity contribution in [1.82, 2.24) is 5.32 Å². The van der Waals surface area contributed by atoms with E-state index in [0.29, 0.717) is 0 Å². The van der Waals surface area contributed by atoms with Crippen molar-refractivity contribution in [1.29, 1.82) is 0 Å². The van der Waals surface area contributed by atoms with Crippen molar-refractivity contribution in [2.75, 3.05) is 6.54 Å². The number of hydrogen-bond acceptors (Lipinski definition) is 2. The van der Waals surface area contributed by atoms with Gasteiger partial charge in [-0.3, -0.25) is 9.59 Å². The Morgan fingerprint density at radius 1 is 1.06 bits per heavy atom. The molecule has 0 saturated heterocycles. The lowest BCUT2D eigenvalue weighted by Crippen LogP contribution is -2.38. The van der Waals surface area contributed by atoms with Crippen LogP contribution in [-0.4, -0.2) is 18.2 Å². The molecule has 3 nitrogen and oxygen atoms in total. The van der Waals surface area contributed by atoms with Crippen LogP contribution in [0.2, 0.25) is 0 Å². The Bertz CT molecular complexity index is 247. The van der Waals surface area contributed by atoms with Crippen molar-refractivity contribution in [3.63, 3.8) is 0 Å². The summed E-state index contributed by atoms with van der Waals surface area (Å²) in [5, 5.41) is 2.77. The molecule has 0 saturated carbocycles. The SMILES string of the molecule is CCCC(CCC)C(=O)NCC(=O)C(C)(C)C. The van der Waals surface area contributed by atoms with Gasteiger partial charge in [0.15, 0.2) is 5.78 Å². The predicted molar refractivity (Wildman–Crippen MR) is 70.8 cm³/mol. The molecule has 0 rings (SSSR count). The summed E-state index contributed by atoms with van der Waals surface area (Å²) in [5.74, 6) is 0.182. The molecule has 3 heteroatoms. The number of carbonyl (C=O) groups is 2. The van der Waals surface area contributed by atoms with E-state index in [9.17, 15) is 9.59 Å². The van der Waals surface area contributed by atoms with Gasteiger partial charge in [0, 0.05) is 11.3 Å². The van der Waals surface area contributed by atoms with Crippen LogP contribution in [-0.2, 0) is 9.59 Å². The summed E-state index contributed by atoms with van der Waals surface area (Å²) in [4.78, 5) is 23.6. The lowest BCUT2D eigenvalue weighted by Gasteiger charge is -2.19. The Labute approximate surface area is 105 Å². The second-order valence-corrected chi connectivity index (χ2v) is 5.67. The first-order chi connectivity index (χ1) is 7.82. The van der Waals surface area contributed by atoms with Crippen LogP contribution in [0.5, 0.6) is 0 Å². The summed E-state index contributed by atoms with van der Waals surface area (Å²) in [7, 11) is 0. The number of nitrogens with one attached hydrogen (secondary N) is 1. The highest BCUT2D eigenvalue weighted by atomic mass is 16.2. The molecule has 0 aromatic rings. The van der Waals surface area contributed by atoms with Gasteiger partial charge in [-0.05, 0) is 12.8 Å². The summed E-state index contributed by atoms with van der Waals surface area (Å²) in [6.45, 7) is 9.93. The van der Waals surface area contributed by atoms with Crippen molar-refractivity contribution in [3.8, 4) is 0 Å². The van der Waals surface area contributed by atoms with Gasteiger partial charge in [-0.25, -0.2) is 0 Å². The number of Topliss-reactive ketones (excluding diaryl/α,β-unsaturated/α-hetero) is 1. The normalized spacial score (nSPS) is 11.6. The van der Waals surface area contributed by atoms with Gasteiger partial charge in [-0.15, -0.1) is 0 Å². The van der Waals surface area contributed by atoms with Crippen LogP contribution >= 0.6 is 0 Å². The minimum Gasteiger partial charge on any atom is -0.349 e. The molecule has 1 amide bonds. The molecular formula is C14H27NO2. The van der Waals surface area contributed by atoms with E-state index in [0.717, 1.165) is 25.7 Å². The molecule has 17 heavy (non-hydrogen) atoms. The van der Waals surface area contributed by atoms with Crippen LogP contribution in [0.1, 0.15) is 60.3 Å². The minimum atomic E-state index is -0.377. The van der Waals surface area contributed by atoms with Crippen molar-refractivity contribution in [2.45, 2.75) is 60.3 Å². The molecule has 100 valence electrons. The highest BCUT2D eigenvalue weighted by Gasteiger charge is 2.23. The van der Waals surface area contributed by atoms with Gasteiger partial charge in [0.1, 0.15) is 0 Å². The standard InChI is InChI=1S/C14H27NO2/c1-6-8-11(9-7-2)13(17)15-10-12(16)14(3,4)5/h11H,6-10H2,1-5H3,(H,15,17). The third kappa shape index (κ3) is 6.44. The van der Waals surface area contributed by atoms with Crippen LogP contribution in [0.25, 0.3) is 0 Å². The molecule has 0 fully saturated rings. The Morgan fingerprint density at radius 3 is 1.88 bits per heavy atom. The van der Waals surface area contributed by atoms with Gasteiger partial charge in [0.2, 0.25) is 5.91 Å². The van der Waals surface area contributed by atoms with Crippen molar-refractivity contribution in [3.05, 3.63) is 0 Å². The number of amides is 1. The first-order valence-corrected chi connectivity index (χ1v) is 6.63. The van der Waals surface area contributed by atoms with Crippen LogP contribution in [0.4, 0.5) is 0 Å². The highest BCUT2D eigenvalue weighted by molar-refractivity contribution is 5.89. The quantitative estimate of drug-likeness (QED) is 0.745. The Balaban J connectivity index is 4.18. The van der Waals surface area contributed by atoms with Crippen molar-refractivity contribution in [2.24, 2.45) is 11.3 Å². The van der Waals surface area contributed by atoms with Gasteiger partial charge >= 0.3 is 0 Å². The first-order valence-electron chi connectivity index (χ1n) is 6.63. The molecule has 0 aromatic heterocycles. The summed E-state index contributed by atoms with van der Waals surface area (Å²) < 4.78 is 0. The predicted octanol–water partition coefficient (Wildman–Crippen LogP) is 2.93. The van der Waals surface area contributed by atoms with Crippen molar-refractivity contribution >= 4 is 11.7 Å². The fraction of sp³-hybridized carbons (Fsp3) is 0.857. The molecule has 0 atom stereocenters. The molecule has 0 bridgehead atoms. The maximum Gasteiger partial charge on any atom is 0.223 e. The zero-order chi connectivity index (χ0) is 13.5. The van der Waals surface area contributed by atoms with Crippen LogP contribution in [0, 0.1) is 11.3 Å². The Morgan fingerprint density at radius 2 is 1.53 bits per heavy atom. The van der Waals surface area contributed by atoms with Crippen molar-refractivity contribution < 1.29 is 9.59 Å². The lowest BCUT2D eigenvalue weighted by atomic mass is 9.90. The van der Waals surface area contributed by atoms with Crippen LogP contribution in [0.3, 0.4) is 0 Å². The van der Waals surface area contributed by atoms with Gasteiger partial charge in [0.25, 0.3) is 0 Å². The Hall–Kier alpha value is -0.860. The van der Waals surface area contributed by atoms with Crippen LogP contribution in [0.15, 0.2) is 0 Å². The smallest absolute Gasteiger partial charge is 0.223 e. The number of hydrogen-bond donors (Lipinski definition) is 1. The Kier molecular flexibility index (Phi) is 7.09. The van der Waals surface area contributed by atoms with Gasteiger partial charge in [0.05, 0.1) is 6.54 Å². The van der Waals surface area contributed by atoms with Crippen LogP contribution < -0.4 is 5.32 Å². The second-order valence-electron chi connectivity index (χ2n) is 5.67. The van der Waals surface area contributed by atoms with Gasteiger partial charge in [-0.2, -0.15) is 0 Å². The van der Waals surface area contributed by atoms with E-state index in [1.54, 1.807) is 0 Å². The fourth-order valence-corrected chi connectivity index (χ4v) is 1.68. The topological polar surface area (TPSA) is 46.2 Å². The van der Waals surface area contributed by atoms with E-state index >= 15 is 0 Å². The summed E-state index contributed by atoms with van der Waals surface area (Å²) >= 11 is 0. The first kappa shape index (κ1) is 16.1. The molecule has 0 aliphatic rings. The highest BCUT2D eigenvalue weighted by Crippen LogP contribution is 2.15. The van der Waals surface area contributed by atoms with E-state index in [2.05, 4.69) is 19.2 Å². The zero-order valence-corrected chi connectivity index (χ0v) is 11.9. The molecule has 0 spiro atoms. The number of carbonyl (C=O) groups excluding carboxylic acids is 2. The molecule has 0 heterocycles. The van der Waals surface area contributed by atoms with E-state index in [4.69, 9.17) is 0 Å². The monoisotopic (exact) mass is 241 g/mol. The van der Waals surface area contributed by atoms with E-state index in [-0.39, 0.29) is 29.6 Å². The van der Waals surface area contributed by atoms with Gasteiger partial charge in [-0.1, -0.05) is 47.5 Å². The second kappa shape index (κ2) is 7.46. The van der Waals surface area contributed by atoms with E-state index in [1.165, 1.54) is 0 Å². The lowest BCUT2D eigenvalue weighted by molar-refractivity contribution is -0.131. The molecule has 0 aliphatic heterocycles. The molecular weight excluding hydrogens is 214 g/mol. The summed E-state index contributed by atoms with van der Waals surface area (Å²) in [6.07, 6.45) is 3.82. The average molecular weight is 241 g/mol. The third-order valence-electron chi connectivity index (χ3n) is 2.90. The third-order valence-corrected chi connectivity index (χ3v) is 2.90. The summed E-state index contributed by atoms with van der Waals surface area (Å²) in [6, 6.07) is 0. The van der Waals surface area contributed by atoms with Gasteiger partial charge < -0.3 is 5.32 Å². The molecule has 0 radical (unpaired) electrons. The minimum absolute atomic E-state index is 0.0336. The van der Waals surface area contributed by atoms with E-state index in [1.807, 2.05) is 20.8 Å². The fourth-order valence-electron chi connectivity index (χ4n) is 1.68. The molecule has 0 unspecified atom stereocenters. The zero-order valence-electron chi connectivity index (χ0n) is 11.9. The molecule has 0 aliphatic carbocycles. The molecule has 1 N–H and O–H groups in total.